The van der Waals surface area contributed by atoms with Gasteiger partial charge in [0.05, 0.1) is 18.6 Å². The molecule has 0 fully saturated rings. The Bertz CT molecular complexity index is 339. The van der Waals surface area contributed by atoms with Crippen LogP contribution in [-0.4, -0.2) is 31.0 Å². The van der Waals surface area contributed by atoms with Crippen LogP contribution >= 0.6 is 0 Å². The summed E-state index contributed by atoms with van der Waals surface area (Å²) in [6.45, 7) is 6.72. The topological polar surface area (TPSA) is 81.3 Å². The van der Waals surface area contributed by atoms with E-state index in [1.54, 1.807) is 0 Å². The molecule has 0 aromatic carbocycles. The van der Waals surface area contributed by atoms with Gasteiger partial charge < -0.3 is 20.5 Å². The number of aliphatic carboxylic acids is 1. The summed E-state index contributed by atoms with van der Waals surface area (Å²) in [7, 11) is 0. The first-order chi connectivity index (χ1) is 11.5. The number of hydrogen-bond acceptors (Lipinski definition) is 4. The predicted molar refractivity (Wildman–Crippen MR) is 96.5 cm³/mol. The van der Waals surface area contributed by atoms with Crippen molar-refractivity contribution in [2.45, 2.75) is 91.0 Å². The number of carbonyl (C=O) groups excluding carboxylic acids is 2. The molecule has 0 saturated carbocycles. The molecule has 142 valence electrons. The van der Waals surface area contributed by atoms with Crippen LogP contribution in [0.1, 0.15) is 85.0 Å². The quantitative estimate of drug-likeness (QED) is 0.283. The fraction of sp³-hybridized carbons (Fsp3) is 0.895. The molecule has 1 atom stereocenters. The van der Waals surface area contributed by atoms with E-state index in [0.717, 1.165) is 13.0 Å². The van der Waals surface area contributed by atoms with Crippen LogP contribution in [0.5, 0.6) is 0 Å². The van der Waals surface area contributed by atoms with Crippen molar-refractivity contribution >= 4 is 11.9 Å². The Kier molecular flexibility index (Phi) is 20.3. The number of unbranched alkanes of at least 4 members (excludes halogenated alkanes) is 8. The van der Waals surface area contributed by atoms with Crippen LogP contribution in [0.15, 0.2) is 0 Å². The van der Waals surface area contributed by atoms with E-state index in [0.29, 0.717) is 12.3 Å². The molecular formula is C19H37N2NaO3. The van der Waals surface area contributed by atoms with E-state index >= 15 is 0 Å². The number of nitrogens with one attached hydrogen (secondary N) is 2. The molecule has 0 saturated heterocycles. The minimum absolute atomic E-state index is 0. The van der Waals surface area contributed by atoms with Crippen LogP contribution < -0.4 is 45.3 Å². The van der Waals surface area contributed by atoms with Crippen LogP contribution in [-0.2, 0) is 9.59 Å². The normalized spacial score (nSPS) is 11.8. The van der Waals surface area contributed by atoms with Gasteiger partial charge in [-0.3, -0.25) is 4.79 Å². The summed E-state index contributed by atoms with van der Waals surface area (Å²) in [6.07, 6.45) is 12.2. The average Bonchev–Trinajstić information content (AvgIpc) is 2.52. The van der Waals surface area contributed by atoms with Crippen molar-refractivity contribution in [2.24, 2.45) is 5.92 Å². The molecule has 0 rings (SSSR count). The van der Waals surface area contributed by atoms with Crippen molar-refractivity contribution in [1.29, 1.82) is 0 Å². The largest absolute Gasteiger partial charge is 1.00 e. The van der Waals surface area contributed by atoms with Gasteiger partial charge in [-0.2, -0.15) is 0 Å². The minimum atomic E-state index is -1.26. The third-order valence-electron chi connectivity index (χ3n) is 4.10. The summed E-state index contributed by atoms with van der Waals surface area (Å²) in [5.41, 5.74) is 0. The molecule has 0 aromatic rings. The first kappa shape index (κ1) is 27.1. The van der Waals surface area contributed by atoms with Gasteiger partial charge in [-0.1, -0.05) is 72.1 Å². The summed E-state index contributed by atoms with van der Waals surface area (Å²) < 4.78 is 0. The third kappa shape index (κ3) is 18.5. The smallest absolute Gasteiger partial charge is 0.548 e. The van der Waals surface area contributed by atoms with Gasteiger partial charge in [0, 0.05) is 0 Å². The fourth-order valence-electron chi connectivity index (χ4n) is 2.75. The van der Waals surface area contributed by atoms with Crippen molar-refractivity contribution in [3.05, 3.63) is 0 Å². The van der Waals surface area contributed by atoms with Gasteiger partial charge >= 0.3 is 29.6 Å². The van der Waals surface area contributed by atoms with Gasteiger partial charge in [0.15, 0.2) is 0 Å². The number of amides is 1. The van der Waals surface area contributed by atoms with E-state index in [2.05, 4.69) is 31.4 Å². The van der Waals surface area contributed by atoms with Crippen LogP contribution in [0.2, 0.25) is 0 Å². The predicted octanol–water partition coefficient (Wildman–Crippen LogP) is -0.608. The molecule has 0 aliphatic carbocycles. The second-order valence-electron chi connectivity index (χ2n) is 7.05. The summed E-state index contributed by atoms with van der Waals surface area (Å²) in [6, 6.07) is -0.321. The number of carboxylic acid groups (broad SMARTS) is 1. The van der Waals surface area contributed by atoms with Gasteiger partial charge in [0.1, 0.15) is 0 Å². The zero-order valence-electron chi connectivity index (χ0n) is 16.9. The van der Waals surface area contributed by atoms with Gasteiger partial charge in [-0.05, 0) is 25.3 Å². The molecule has 0 bridgehead atoms. The van der Waals surface area contributed by atoms with Crippen LogP contribution in [0.25, 0.3) is 0 Å². The van der Waals surface area contributed by atoms with Gasteiger partial charge in [-0.15, -0.1) is 0 Å². The summed E-state index contributed by atoms with van der Waals surface area (Å²) in [5.74, 6) is -1.13. The van der Waals surface area contributed by atoms with Gasteiger partial charge in [0.25, 0.3) is 0 Å². The van der Waals surface area contributed by atoms with Crippen LogP contribution in [0.3, 0.4) is 0 Å². The number of carbonyl (C=O) groups is 2. The Morgan fingerprint density at radius 1 is 0.920 bits per heavy atom. The molecule has 0 aliphatic heterocycles. The van der Waals surface area contributed by atoms with E-state index in [1.807, 2.05) is 0 Å². The second kappa shape index (κ2) is 18.7. The molecule has 0 spiro atoms. The zero-order chi connectivity index (χ0) is 18.2. The molecule has 0 radical (unpaired) electrons. The van der Waals surface area contributed by atoms with E-state index in [4.69, 9.17) is 0 Å². The maximum Gasteiger partial charge on any atom is 1.00 e. The van der Waals surface area contributed by atoms with Crippen LogP contribution in [0, 0.1) is 5.92 Å². The van der Waals surface area contributed by atoms with Crippen molar-refractivity contribution < 1.29 is 44.3 Å². The molecule has 5 nitrogen and oxygen atoms in total. The maximum absolute atomic E-state index is 12.0. The Morgan fingerprint density at radius 2 is 1.44 bits per heavy atom. The van der Waals surface area contributed by atoms with Crippen LogP contribution in [0.4, 0.5) is 0 Å². The first-order valence-corrected chi connectivity index (χ1v) is 9.68. The Hall–Kier alpha value is -0.100. The zero-order valence-corrected chi connectivity index (χ0v) is 18.9. The number of carboxylic acids is 1. The van der Waals surface area contributed by atoms with E-state index in [9.17, 15) is 14.7 Å². The van der Waals surface area contributed by atoms with E-state index < -0.39 is 12.5 Å². The SMILES string of the molecule is CCCCCCCCCCCN[C@@H](CC(C)C)C(=O)NCC(=O)[O-].[Na+]. The molecule has 0 aromatic heterocycles. The molecule has 0 unspecified atom stereocenters. The minimum Gasteiger partial charge on any atom is -0.548 e. The molecular weight excluding hydrogens is 327 g/mol. The van der Waals surface area contributed by atoms with Gasteiger partial charge in [-0.25, -0.2) is 0 Å². The molecule has 6 heteroatoms. The number of rotatable bonds is 16. The summed E-state index contributed by atoms with van der Waals surface area (Å²) >= 11 is 0. The molecule has 25 heavy (non-hydrogen) atoms. The molecule has 0 aliphatic rings. The number of hydrogen-bond donors (Lipinski definition) is 2. The Morgan fingerprint density at radius 3 is 1.92 bits per heavy atom. The van der Waals surface area contributed by atoms with E-state index in [1.165, 1.54) is 51.4 Å². The first-order valence-electron chi connectivity index (χ1n) is 9.68. The van der Waals surface area contributed by atoms with Crippen molar-refractivity contribution in [3.8, 4) is 0 Å². The van der Waals surface area contributed by atoms with Crippen molar-refractivity contribution in [1.82, 2.24) is 10.6 Å². The summed E-state index contributed by atoms with van der Waals surface area (Å²) in [5, 5.41) is 16.1. The van der Waals surface area contributed by atoms with Crippen molar-refractivity contribution in [2.75, 3.05) is 13.1 Å². The molecule has 2 N–H and O–H groups in total. The standard InChI is InChI=1S/C19H38N2O3.Na/c1-4-5-6-7-8-9-10-11-12-13-20-17(14-16(2)3)19(24)21-15-18(22)23;/h16-17,20H,4-15H2,1-3H3,(H,21,24)(H,22,23);/q;+1/p-1/t17-;/m0./s1. The van der Waals surface area contributed by atoms with Gasteiger partial charge in [0.2, 0.25) is 5.91 Å². The van der Waals surface area contributed by atoms with Crippen molar-refractivity contribution in [3.63, 3.8) is 0 Å². The Labute approximate surface area is 176 Å². The maximum atomic E-state index is 12.0. The molecule has 0 heterocycles. The molecule has 1 amide bonds. The van der Waals surface area contributed by atoms with E-state index in [-0.39, 0.29) is 41.5 Å². The third-order valence-corrected chi connectivity index (χ3v) is 4.10. The monoisotopic (exact) mass is 364 g/mol. The fourth-order valence-corrected chi connectivity index (χ4v) is 2.75. The second-order valence-corrected chi connectivity index (χ2v) is 7.05. The summed E-state index contributed by atoms with van der Waals surface area (Å²) in [4.78, 5) is 22.5. The average molecular weight is 365 g/mol. The Balaban J connectivity index is 0.